The summed E-state index contributed by atoms with van der Waals surface area (Å²) in [6.07, 6.45) is 0. The molecule has 2 rings (SSSR count). The Morgan fingerprint density at radius 1 is 1.46 bits per heavy atom. The number of alkyl halides is 1. The molecule has 0 atom stereocenters. The minimum absolute atomic E-state index is 0.650. The molecule has 2 N–H and O–H groups in total. The Bertz CT molecular complexity index is 452. The number of anilines is 1. The first-order chi connectivity index (χ1) is 6.24. The molecule has 0 aliphatic heterocycles. The van der Waals surface area contributed by atoms with Gasteiger partial charge in [0.1, 0.15) is 0 Å². The molecule has 0 aliphatic rings. The second kappa shape index (κ2) is 3.48. The number of benzene rings is 1. The van der Waals surface area contributed by atoms with E-state index in [9.17, 15) is 0 Å². The van der Waals surface area contributed by atoms with Gasteiger partial charge in [-0.1, -0.05) is 33.6 Å². The van der Waals surface area contributed by atoms with Crippen molar-refractivity contribution >= 4 is 54.6 Å². The molecule has 68 valence electrons. The number of thiophene rings is 1. The van der Waals surface area contributed by atoms with Crippen LogP contribution in [0.25, 0.3) is 10.1 Å². The highest BCUT2D eigenvalue weighted by atomic mass is 79.9. The van der Waals surface area contributed by atoms with Crippen LogP contribution in [0.3, 0.4) is 0 Å². The minimum Gasteiger partial charge on any atom is -0.397 e. The van der Waals surface area contributed by atoms with Crippen LogP contribution in [-0.2, 0) is 5.33 Å². The molecule has 0 saturated carbocycles. The highest BCUT2D eigenvalue weighted by Gasteiger charge is 2.07. The molecule has 0 radical (unpaired) electrons. The van der Waals surface area contributed by atoms with Crippen LogP contribution < -0.4 is 5.73 Å². The van der Waals surface area contributed by atoms with E-state index in [1.54, 1.807) is 11.3 Å². The molecule has 0 unspecified atom stereocenters. The summed E-state index contributed by atoms with van der Waals surface area (Å²) in [5, 5.41) is 4.83. The predicted octanol–water partition coefficient (Wildman–Crippen LogP) is 4.03. The van der Waals surface area contributed by atoms with Crippen LogP contribution in [0.5, 0.6) is 0 Å². The van der Waals surface area contributed by atoms with Crippen molar-refractivity contribution < 1.29 is 0 Å². The summed E-state index contributed by atoms with van der Waals surface area (Å²) in [4.78, 5) is 0. The van der Waals surface area contributed by atoms with Gasteiger partial charge in [-0.25, -0.2) is 0 Å². The summed E-state index contributed by atoms with van der Waals surface area (Å²) < 4.78 is 1.08. The van der Waals surface area contributed by atoms with Gasteiger partial charge in [0.15, 0.2) is 0 Å². The molecule has 0 amide bonds. The van der Waals surface area contributed by atoms with Gasteiger partial charge in [-0.05, 0) is 22.4 Å². The van der Waals surface area contributed by atoms with Gasteiger partial charge in [-0.15, -0.1) is 11.3 Å². The summed E-state index contributed by atoms with van der Waals surface area (Å²) in [6, 6.07) is 3.87. The van der Waals surface area contributed by atoms with E-state index >= 15 is 0 Å². The van der Waals surface area contributed by atoms with Gasteiger partial charge in [-0.3, -0.25) is 0 Å². The minimum atomic E-state index is 0.650. The van der Waals surface area contributed by atoms with Gasteiger partial charge in [0.25, 0.3) is 0 Å². The first-order valence-corrected chi connectivity index (χ1v) is 6.12. The van der Waals surface area contributed by atoms with E-state index in [0.29, 0.717) is 10.7 Å². The summed E-state index contributed by atoms with van der Waals surface area (Å²) in [5.74, 6) is 0. The van der Waals surface area contributed by atoms with Crippen LogP contribution in [0.15, 0.2) is 17.5 Å². The van der Waals surface area contributed by atoms with Gasteiger partial charge in [0, 0.05) is 5.33 Å². The van der Waals surface area contributed by atoms with Crippen LogP contribution in [0.2, 0.25) is 5.02 Å². The first kappa shape index (κ1) is 9.31. The average Bonchev–Trinajstić information content (AvgIpc) is 2.55. The Balaban J connectivity index is 2.81. The van der Waals surface area contributed by atoms with E-state index in [1.807, 2.05) is 12.1 Å². The number of nitrogens with two attached hydrogens (primary N) is 1. The molecule has 2 aromatic rings. The van der Waals surface area contributed by atoms with Crippen LogP contribution in [0, 0.1) is 0 Å². The van der Waals surface area contributed by atoms with Gasteiger partial charge >= 0.3 is 0 Å². The quantitative estimate of drug-likeness (QED) is 0.617. The van der Waals surface area contributed by atoms with Crippen LogP contribution in [0.1, 0.15) is 5.56 Å². The maximum absolute atomic E-state index is 6.07. The third-order valence-electron chi connectivity index (χ3n) is 1.94. The number of hydrogen-bond acceptors (Lipinski definition) is 2. The number of hydrogen-bond donors (Lipinski definition) is 1. The van der Waals surface area contributed by atoms with Crippen molar-refractivity contribution in [2.45, 2.75) is 5.33 Å². The van der Waals surface area contributed by atoms with Crippen molar-refractivity contribution in [2.75, 3.05) is 5.73 Å². The van der Waals surface area contributed by atoms with E-state index in [2.05, 4.69) is 21.3 Å². The fraction of sp³-hybridized carbons (Fsp3) is 0.111. The molecule has 13 heavy (non-hydrogen) atoms. The Morgan fingerprint density at radius 3 is 2.92 bits per heavy atom. The average molecular weight is 277 g/mol. The molecule has 0 saturated heterocycles. The van der Waals surface area contributed by atoms with Gasteiger partial charge in [-0.2, -0.15) is 0 Å². The zero-order valence-corrected chi connectivity index (χ0v) is 9.84. The van der Waals surface area contributed by atoms with E-state index in [1.165, 1.54) is 10.9 Å². The smallest absolute Gasteiger partial charge is 0.0813 e. The molecule has 0 spiro atoms. The summed E-state index contributed by atoms with van der Waals surface area (Å²) in [5.41, 5.74) is 7.62. The van der Waals surface area contributed by atoms with Crippen molar-refractivity contribution in [3.05, 3.63) is 28.1 Å². The van der Waals surface area contributed by atoms with Crippen molar-refractivity contribution in [3.63, 3.8) is 0 Å². The molecule has 1 aromatic carbocycles. The third kappa shape index (κ3) is 1.45. The molecular weight excluding hydrogens is 270 g/mol. The van der Waals surface area contributed by atoms with Crippen LogP contribution in [0.4, 0.5) is 5.69 Å². The van der Waals surface area contributed by atoms with Crippen LogP contribution >= 0.6 is 38.9 Å². The van der Waals surface area contributed by atoms with E-state index in [-0.39, 0.29) is 0 Å². The van der Waals surface area contributed by atoms with Crippen molar-refractivity contribution in [1.82, 2.24) is 0 Å². The Kier molecular flexibility index (Phi) is 2.49. The van der Waals surface area contributed by atoms with Crippen molar-refractivity contribution in [3.8, 4) is 0 Å². The molecule has 1 nitrogen and oxygen atoms in total. The molecule has 0 fully saturated rings. The monoisotopic (exact) mass is 275 g/mol. The molecule has 1 heterocycles. The van der Waals surface area contributed by atoms with Gasteiger partial charge in [0.05, 0.1) is 15.4 Å². The molecule has 0 aliphatic carbocycles. The number of fused-ring (bicyclic) bond motifs is 1. The second-order valence-corrected chi connectivity index (χ2v) is 4.56. The Morgan fingerprint density at radius 2 is 2.23 bits per heavy atom. The number of rotatable bonds is 1. The highest BCUT2D eigenvalue weighted by Crippen LogP contribution is 2.36. The summed E-state index contributed by atoms with van der Waals surface area (Å²) >= 11 is 11.1. The first-order valence-electron chi connectivity index (χ1n) is 3.74. The Hall–Kier alpha value is -0.250. The lowest BCUT2D eigenvalue weighted by Crippen LogP contribution is -1.85. The molecule has 1 aromatic heterocycles. The van der Waals surface area contributed by atoms with Crippen molar-refractivity contribution in [2.24, 2.45) is 0 Å². The lowest BCUT2D eigenvalue weighted by atomic mass is 10.2. The van der Waals surface area contributed by atoms with E-state index in [4.69, 9.17) is 17.3 Å². The highest BCUT2D eigenvalue weighted by molar-refractivity contribution is 9.08. The second-order valence-electron chi connectivity index (χ2n) is 2.74. The molecule has 0 bridgehead atoms. The van der Waals surface area contributed by atoms with Gasteiger partial charge < -0.3 is 5.73 Å². The maximum atomic E-state index is 6.07. The fourth-order valence-corrected chi connectivity index (χ4v) is 3.23. The van der Waals surface area contributed by atoms with Crippen molar-refractivity contribution in [1.29, 1.82) is 0 Å². The fourth-order valence-electron chi connectivity index (χ4n) is 1.24. The third-order valence-corrected chi connectivity index (χ3v) is 4.12. The zero-order valence-electron chi connectivity index (χ0n) is 6.68. The zero-order chi connectivity index (χ0) is 9.42. The molecule has 4 heteroatoms. The Labute approximate surface area is 93.6 Å². The standard InChI is InChI=1S/C9H7BrClNS/c10-3-5-4-13-9-6(5)1-2-7(12)8(9)11/h1-2,4H,3,12H2. The number of halogens is 2. The lowest BCUT2D eigenvalue weighted by Gasteiger charge is -1.99. The lowest BCUT2D eigenvalue weighted by molar-refractivity contribution is 1.55. The summed E-state index contributed by atoms with van der Waals surface area (Å²) in [7, 11) is 0. The van der Waals surface area contributed by atoms with E-state index in [0.717, 1.165) is 10.0 Å². The molecular formula is C9H7BrClNS. The maximum Gasteiger partial charge on any atom is 0.0813 e. The van der Waals surface area contributed by atoms with Crippen LogP contribution in [-0.4, -0.2) is 0 Å². The largest absolute Gasteiger partial charge is 0.397 e. The SMILES string of the molecule is Nc1ccc2c(CBr)csc2c1Cl. The number of nitrogen functional groups attached to an aromatic ring is 1. The topological polar surface area (TPSA) is 26.0 Å². The summed E-state index contributed by atoms with van der Waals surface area (Å²) in [6.45, 7) is 0. The normalized spacial score (nSPS) is 10.9. The predicted molar refractivity (Wildman–Crippen MR) is 63.9 cm³/mol. The van der Waals surface area contributed by atoms with Gasteiger partial charge in [0.2, 0.25) is 0 Å². The van der Waals surface area contributed by atoms with E-state index < -0.39 is 0 Å².